The van der Waals surface area contributed by atoms with Crippen molar-refractivity contribution in [2.45, 2.75) is 57.8 Å². The van der Waals surface area contributed by atoms with Gasteiger partial charge in [-0.2, -0.15) is 0 Å². The van der Waals surface area contributed by atoms with Gasteiger partial charge < -0.3 is 20.1 Å². The standard InChI is InChI=1S/C14H20O7/c1-14(2,3)21-12(8-16)6-11(18)5-10(17)4-9(7-15)13(19)20/h10-11,17-18H,4-6H2,1-3H3,(H,19,20). The van der Waals surface area contributed by atoms with Crippen LogP contribution in [0.25, 0.3) is 0 Å². The van der Waals surface area contributed by atoms with Crippen molar-refractivity contribution < 1.29 is 34.4 Å². The highest BCUT2D eigenvalue weighted by Crippen LogP contribution is 2.18. The zero-order valence-corrected chi connectivity index (χ0v) is 12.3. The Morgan fingerprint density at radius 3 is 2.00 bits per heavy atom. The van der Waals surface area contributed by atoms with Crippen LogP contribution in [0.4, 0.5) is 0 Å². The molecule has 0 aliphatic heterocycles. The number of carbonyl (C=O) groups is 1. The SMILES string of the molecule is CC(C)(C)OC(=C=O)CC(O)CC(O)CC(=C=O)C(=O)O. The normalized spacial score (nSPS) is 13.6. The van der Waals surface area contributed by atoms with E-state index in [1.807, 2.05) is 0 Å². The fraction of sp³-hybridized carbons (Fsp3) is 0.643. The van der Waals surface area contributed by atoms with Gasteiger partial charge in [-0.1, -0.05) is 0 Å². The summed E-state index contributed by atoms with van der Waals surface area (Å²) in [4.78, 5) is 31.7. The highest BCUT2D eigenvalue weighted by Gasteiger charge is 2.21. The third-order valence-electron chi connectivity index (χ3n) is 2.33. The average Bonchev–Trinajstić information content (AvgIpc) is 2.32. The van der Waals surface area contributed by atoms with E-state index >= 15 is 0 Å². The summed E-state index contributed by atoms with van der Waals surface area (Å²) in [5.74, 6) is 1.24. The number of aliphatic hydroxyl groups excluding tert-OH is 2. The molecule has 0 saturated carbocycles. The van der Waals surface area contributed by atoms with Crippen LogP contribution in [-0.4, -0.2) is 51.0 Å². The van der Waals surface area contributed by atoms with Crippen LogP contribution < -0.4 is 0 Å². The third-order valence-corrected chi connectivity index (χ3v) is 2.33. The van der Waals surface area contributed by atoms with Gasteiger partial charge in [-0.25, -0.2) is 14.4 Å². The Hall–Kier alpha value is -1.91. The molecule has 0 aromatic heterocycles. The van der Waals surface area contributed by atoms with Gasteiger partial charge in [-0.05, 0) is 20.8 Å². The molecule has 0 spiro atoms. The zero-order valence-electron chi connectivity index (χ0n) is 12.3. The van der Waals surface area contributed by atoms with Crippen LogP contribution >= 0.6 is 0 Å². The molecule has 0 amide bonds. The first-order valence-corrected chi connectivity index (χ1v) is 6.35. The summed E-state index contributed by atoms with van der Waals surface area (Å²) in [6, 6.07) is 0. The molecule has 7 heteroatoms. The van der Waals surface area contributed by atoms with Crippen molar-refractivity contribution in [2.24, 2.45) is 0 Å². The highest BCUT2D eigenvalue weighted by molar-refractivity contribution is 5.95. The summed E-state index contributed by atoms with van der Waals surface area (Å²) in [7, 11) is 0. The number of hydrogen-bond donors (Lipinski definition) is 3. The van der Waals surface area contributed by atoms with E-state index in [2.05, 4.69) is 0 Å². The summed E-state index contributed by atoms with van der Waals surface area (Å²) in [6.45, 7) is 5.17. The topological polar surface area (TPSA) is 121 Å². The quantitative estimate of drug-likeness (QED) is 0.334. The summed E-state index contributed by atoms with van der Waals surface area (Å²) in [6.07, 6.45) is -3.17. The number of carboxylic acids is 1. The molecule has 118 valence electrons. The molecule has 0 rings (SSSR count). The van der Waals surface area contributed by atoms with Crippen molar-refractivity contribution in [2.75, 3.05) is 0 Å². The fourth-order valence-electron chi connectivity index (χ4n) is 1.58. The third kappa shape index (κ3) is 8.78. The monoisotopic (exact) mass is 300 g/mol. The van der Waals surface area contributed by atoms with E-state index in [1.54, 1.807) is 26.7 Å². The van der Waals surface area contributed by atoms with Crippen molar-refractivity contribution in [3.63, 3.8) is 0 Å². The number of aliphatic hydroxyl groups is 2. The van der Waals surface area contributed by atoms with Crippen LogP contribution in [-0.2, 0) is 19.1 Å². The number of hydrogen-bond acceptors (Lipinski definition) is 6. The molecule has 0 bridgehead atoms. The van der Waals surface area contributed by atoms with Gasteiger partial charge in [0.15, 0.2) is 11.7 Å². The van der Waals surface area contributed by atoms with Gasteiger partial charge in [0.1, 0.15) is 17.1 Å². The van der Waals surface area contributed by atoms with E-state index in [-0.39, 0.29) is 18.6 Å². The molecule has 0 aromatic rings. The largest absolute Gasteiger partial charge is 0.481 e. The molecule has 3 N–H and O–H groups in total. The smallest absolute Gasteiger partial charge is 0.342 e. The Bertz CT molecular complexity index is 462. The molecule has 2 unspecified atom stereocenters. The lowest BCUT2D eigenvalue weighted by molar-refractivity contribution is -0.133. The molecule has 0 heterocycles. The molecule has 0 aliphatic carbocycles. The Morgan fingerprint density at radius 1 is 1.10 bits per heavy atom. The minimum Gasteiger partial charge on any atom is -0.481 e. The number of carbonyl (C=O) groups excluding carboxylic acids is 2. The summed E-state index contributed by atoms with van der Waals surface area (Å²) >= 11 is 0. The minimum atomic E-state index is -1.47. The molecule has 2 atom stereocenters. The summed E-state index contributed by atoms with van der Waals surface area (Å²) in [5.41, 5.74) is -1.23. The van der Waals surface area contributed by atoms with Crippen LogP contribution in [0.5, 0.6) is 0 Å². The lowest BCUT2D eigenvalue weighted by Gasteiger charge is -2.23. The van der Waals surface area contributed by atoms with E-state index in [0.29, 0.717) is 0 Å². The predicted molar refractivity (Wildman–Crippen MR) is 72.8 cm³/mol. The lowest BCUT2D eigenvalue weighted by atomic mass is 10.0. The zero-order chi connectivity index (χ0) is 16.6. The Morgan fingerprint density at radius 2 is 1.62 bits per heavy atom. The van der Waals surface area contributed by atoms with Crippen molar-refractivity contribution in [1.29, 1.82) is 0 Å². The van der Waals surface area contributed by atoms with Crippen molar-refractivity contribution in [3.05, 3.63) is 11.3 Å². The van der Waals surface area contributed by atoms with Gasteiger partial charge in [0.05, 0.1) is 12.2 Å². The number of aliphatic carboxylic acids is 1. The van der Waals surface area contributed by atoms with Crippen LogP contribution in [0.15, 0.2) is 11.3 Å². The van der Waals surface area contributed by atoms with Crippen LogP contribution in [0.2, 0.25) is 0 Å². The maximum absolute atomic E-state index is 10.7. The first-order valence-electron chi connectivity index (χ1n) is 6.35. The molecular formula is C14H20O7. The van der Waals surface area contributed by atoms with Crippen molar-refractivity contribution in [3.8, 4) is 0 Å². The molecule has 0 aliphatic rings. The Kier molecular flexibility index (Phi) is 7.63. The fourth-order valence-corrected chi connectivity index (χ4v) is 1.58. The summed E-state index contributed by atoms with van der Waals surface area (Å²) < 4.78 is 5.27. The molecule has 0 fully saturated rings. The van der Waals surface area contributed by atoms with E-state index in [0.717, 1.165) is 0 Å². The van der Waals surface area contributed by atoms with Crippen molar-refractivity contribution in [1.82, 2.24) is 0 Å². The average molecular weight is 300 g/mol. The molecule has 0 aromatic carbocycles. The Labute approximate surface area is 122 Å². The maximum Gasteiger partial charge on any atom is 0.342 e. The highest BCUT2D eigenvalue weighted by atomic mass is 16.5. The van der Waals surface area contributed by atoms with Crippen LogP contribution in [0.3, 0.4) is 0 Å². The number of ether oxygens (including phenoxy) is 1. The van der Waals surface area contributed by atoms with E-state index in [9.17, 15) is 24.6 Å². The van der Waals surface area contributed by atoms with Gasteiger partial charge in [-0.15, -0.1) is 0 Å². The number of carboxylic acid groups (broad SMARTS) is 1. The van der Waals surface area contributed by atoms with Gasteiger partial charge in [-0.3, -0.25) is 0 Å². The predicted octanol–water partition coefficient (Wildman–Crippen LogP) is 0.252. The van der Waals surface area contributed by atoms with Crippen molar-refractivity contribution >= 4 is 17.9 Å². The molecule has 21 heavy (non-hydrogen) atoms. The molecule has 0 saturated heterocycles. The number of rotatable bonds is 8. The lowest BCUT2D eigenvalue weighted by Crippen LogP contribution is -2.24. The first kappa shape index (κ1) is 19.1. The molecule has 0 radical (unpaired) electrons. The maximum atomic E-state index is 10.7. The Balaban J connectivity index is 4.49. The van der Waals surface area contributed by atoms with Gasteiger partial charge in [0.25, 0.3) is 0 Å². The second-order valence-corrected chi connectivity index (χ2v) is 5.58. The second-order valence-electron chi connectivity index (χ2n) is 5.58. The van der Waals surface area contributed by atoms with Gasteiger partial charge in [0.2, 0.25) is 0 Å². The van der Waals surface area contributed by atoms with E-state index < -0.39 is 35.8 Å². The molecular weight excluding hydrogens is 280 g/mol. The minimum absolute atomic E-state index is 0.0911. The van der Waals surface area contributed by atoms with E-state index in [1.165, 1.54) is 5.94 Å². The van der Waals surface area contributed by atoms with Crippen LogP contribution in [0, 0.1) is 0 Å². The first-order chi connectivity index (χ1) is 9.58. The van der Waals surface area contributed by atoms with Gasteiger partial charge in [0, 0.05) is 19.3 Å². The van der Waals surface area contributed by atoms with Gasteiger partial charge >= 0.3 is 5.97 Å². The van der Waals surface area contributed by atoms with E-state index in [4.69, 9.17) is 9.84 Å². The summed E-state index contributed by atoms with van der Waals surface area (Å²) in [5, 5.41) is 28.0. The van der Waals surface area contributed by atoms with Crippen LogP contribution in [0.1, 0.15) is 40.0 Å². The second kappa shape index (κ2) is 8.39. The molecule has 7 nitrogen and oxygen atoms in total.